The number of hydrogen-bond donors (Lipinski definition) is 0. The number of allylic oxidation sites excluding steroid dienone is 4. The average molecular weight is 385 g/mol. The monoisotopic (exact) mass is 384 g/mol. The fraction of sp³-hybridized carbons (Fsp3) is 0.448. The molecule has 0 saturated carbocycles. The van der Waals surface area contributed by atoms with Crippen LogP contribution in [0.4, 0.5) is 0 Å². The molecular weight excluding hydrogens is 348 g/mol. The maximum absolute atomic E-state index is 2.52. The molecule has 152 valence electrons. The van der Waals surface area contributed by atoms with Crippen LogP contribution in [0, 0.1) is 0 Å². The third kappa shape index (κ3) is 3.41. The molecule has 4 rings (SSSR count). The summed E-state index contributed by atoms with van der Waals surface area (Å²) < 4.78 is 0. The van der Waals surface area contributed by atoms with E-state index in [0.29, 0.717) is 5.92 Å². The molecule has 0 bridgehead atoms. The van der Waals surface area contributed by atoms with Crippen LogP contribution in [0.5, 0.6) is 0 Å². The van der Waals surface area contributed by atoms with Crippen molar-refractivity contribution < 1.29 is 0 Å². The van der Waals surface area contributed by atoms with Crippen molar-refractivity contribution in [2.45, 2.75) is 85.0 Å². The van der Waals surface area contributed by atoms with Crippen LogP contribution >= 0.6 is 0 Å². The Morgan fingerprint density at radius 2 is 1.59 bits per heavy atom. The number of hydrogen-bond acceptors (Lipinski definition) is 0. The minimum atomic E-state index is 0.124. The Labute approximate surface area is 177 Å². The molecule has 0 atom stereocenters. The van der Waals surface area contributed by atoms with Gasteiger partial charge in [0.25, 0.3) is 0 Å². The number of benzene rings is 2. The first-order chi connectivity index (χ1) is 13.5. The smallest absolute Gasteiger partial charge is 0.000719 e. The molecule has 0 heterocycles. The van der Waals surface area contributed by atoms with Crippen LogP contribution in [-0.2, 0) is 17.3 Å². The first-order valence-corrected chi connectivity index (χ1v) is 11.2. The van der Waals surface area contributed by atoms with Crippen molar-refractivity contribution >= 4 is 5.57 Å². The second kappa shape index (κ2) is 6.73. The average Bonchev–Trinajstić information content (AvgIpc) is 3.25. The zero-order valence-electron chi connectivity index (χ0n) is 19.5. The standard InChI is InChI=1S/C29H36/c1-18(2)23-17-24-22-14-13-21(28(3,4)5)15-20(22)16-25(24)26(19-11-9-10-12-19)27(23)29(6,7)8/h9-11,13-15,17-18H,12,16H2,1-8H3. The lowest BCUT2D eigenvalue weighted by molar-refractivity contribution is 0.574. The molecule has 29 heavy (non-hydrogen) atoms. The summed E-state index contributed by atoms with van der Waals surface area (Å²) in [5, 5.41) is 0. The SMILES string of the molecule is CC(C)c1cc2c(c(C3=CC=CC3)c1C(C)(C)C)Cc1cc(C(C)(C)C)ccc1-2. The van der Waals surface area contributed by atoms with Crippen LogP contribution in [0.25, 0.3) is 16.7 Å². The Morgan fingerprint density at radius 1 is 0.862 bits per heavy atom. The van der Waals surface area contributed by atoms with Gasteiger partial charge in [0.1, 0.15) is 0 Å². The Hall–Kier alpha value is -2.08. The van der Waals surface area contributed by atoms with Crippen LogP contribution < -0.4 is 0 Å². The van der Waals surface area contributed by atoms with Crippen molar-refractivity contribution in [1.29, 1.82) is 0 Å². The highest BCUT2D eigenvalue weighted by Crippen LogP contribution is 2.49. The summed E-state index contributed by atoms with van der Waals surface area (Å²) in [5.74, 6) is 0.515. The second-order valence-electron chi connectivity index (χ2n) is 11.3. The Balaban J connectivity index is 2.01. The first-order valence-electron chi connectivity index (χ1n) is 11.2. The van der Waals surface area contributed by atoms with Gasteiger partial charge in [0.2, 0.25) is 0 Å². The molecule has 0 amide bonds. The summed E-state index contributed by atoms with van der Waals surface area (Å²) in [6, 6.07) is 9.71. The van der Waals surface area contributed by atoms with E-state index >= 15 is 0 Å². The molecule has 0 spiro atoms. The third-order valence-electron chi connectivity index (χ3n) is 6.56. The maximum Gasteiger partial charge on any atom is -0.000719 e. The first kappa shape index (κ1) is 20.2. The van der Waals surface area contributed by atoms with Gasteiger partial charge in [-0.25, -0.2) is 0 Å². The van der Waals surface area contributed by atoms with Gasteiger partial charge in [-0.3, -0.25) is 0 Å². The van der Waals surface area contributed by atoms with Crippen LogP contribution in [0.3, 0.4) is 0 Å². The van der Waals surface area contributed by atoms with Crippen molar-refractivity contribution in [2.24, 2.45) is 0 Å². The van der Waals surface area contributed by atoms with E-state index in [0.717, 1.165) is 12.8 Å². The summed E-state index contributed by atoms with van der Waals surface area (Å²) in [6.07, 6.45) is 8.99. The summed E-state index contributed by atoms with van der Waals surface area (Å²) >= 11 is 0. The fourth-order valence-corrected chi connectivity index (χ4v) is 5.08. The van der Waals surface area contributed by atoms with E-state index in [1.807, 2.05) is 0 Å². The molecular formula is C29H36. The summed E-state index contributed by atoms with van der Waals surface area (Å²) in [4.78, 5) is 0. The zero-order chi connectivity index (χ0) is 21.1. The van der Waals surface area contributed by atoms with Gasteiger partial charge in [0, 0.05) is 0 Å². The van der Waals surface area contributed by atoms with Gasteiger partial charge >= 0.3 is 0 Å². The molecule has 0 nitrogen and oxygen atoms in total. The van der Waals surface area contributed by atoms with Crippen LogP contribution in [0.2, 0.25) is 0 Å². The van der Waals surface area contributed by atoms with Gasteiger partial charge < -0.3 is 0 Å². The molecule has 0 heteroatoms. The molecule has 2 aromatic carbocycles. The number of rotatable bonds is 2. The lowest BCUT2D eigenvalue weighted by Gasteiger charge is -2.31. The minimum absolute atomic E-state index is 0.124. The van der Waals surface area contributed by atoms with E-state index in [2.05, 4.69) is 97.9 Å². The van der Waals surface area contributed by atoms with E-state index in [1.54, 1.807) is 11.1 Å². The van der Waals surface area contributed by atoms with Crippen molar-refractivity contribution in [3.63, 3.8) is 0 Å². The highest BCUT2D eigenvalue weighted by Gasteiger charge is 2.32. The van der Waals surface area contributed by atoms with E-state index in [4.69, 9.17) is 0 Å². The van der Waals surface area contributed by atoms with Crippen molar-refractivity contribution in [3.05, 3.63) is 75.9 Å². The molecule has 0 aromatic heterocycles. The molecule has 0 fully saturated rings. The molecule has 0 aliphatic heterocycles. The van der Waals surface area contributed by atoms with Gasteiger partial charge in [0.15, 0.2) is 0 Å². The normalized spacial score (nSPS) is 15.7. The fourth-order valence-electron chi connectivity index (χ4n) is 5.08. The van der Waals surface area contributed by atoms with E-state index in [-0.39, 0.29) is 10.8 Å². The Morgan fingerprint density at radius 3 is 2.14 bits per heavy atom. The Bertz CT molecular complexity index is 1030. The van der Waals surface area contributed by atoms with Crippen LogP contribution in [0.1, 0.15) is 101 Å². The van der Waals surface area contributed by atoms with Gasteiger partial charge in [-0.15, -0.1) is 0 Å². The predicted molar refractivity (Wildman–Crippen MR) is 128 cm³/mol. The van der Waals surface area contributed by atoms with Crippen molar-refractivity contribution in [1.82, 2.24) is 0 Å². The van der Waals surface area contributed by atoms with Gasteiger partial charge in [-0.1, -0.05) is 97.9 Å². The molecule has 0 saturated heterocycles. The van der Waals surface area contributed by atoms with Gasteiger partial charge in [-0.2, -0.15) is 0 Å². The topological polar surface area (TPSA) is 0 Å². The predicted octanol–water partition coefficient (Wildman–Crippen LogP) is 8.32. The molecule has 0 unspecified atom stereocenters. The maximum atomic E-state index is 2.52. The van der Waals surface area contributed by atoms with Crippen LogP contribution in [0.15, 0.2) is 42.5 Å². The molecule has 2 aromatic rings. The molecule has 0 N–H and O–H groups in total. The lowest BCUT2D eigenvalue weighted by atomic mass is 9.73. The minimum Gasteiger partial charge on any atom is -0.0801 e. The van der Waals surface area contributed by atoms with Gasteiger partial charge in [0.05, 0.1) is 0 Å². The van der Waals surface area contributed by atoms with Crippen molar-refractivity contribution in [3.8, 4) is 11.1 Å². The third-order valence-corrected chi connectivity index (χ3v) is 6.56. The highest BCUT2D eigenvalue weighted by molar-refractivity contribution is 5.88. The van der Waals surface area contributed by atoms with Gasteiger partial charge in [-0.05, 0) is 79.7 Å². The lowest BCUT2D eigenvalue weighted by Crippen LogP contribution is -2.19. The Kier molecular flexibility index (Phi) is 4.69. The quantitative estimate of drug-likeness (QED) is 0.416. The number of fused-ring (bicyclic) bond motifs is 3. The molecule has 2 aliphatic rings. The van der Waals surface area contributed by atoms with Crippen molar-refractivity contribution in [2.75, 3.05) is 0 Å². The van der Waals surface area contributed by atoms with E-state index < -0.39 is 0 Å². The summed E-state index contributed by atoms with van der Waals surface area (Å²) in [5.41, 5.74) is 13.8. The summed E-state index contributed by atoms with van der Waals surface area (Å²) in [6.45, 7) is 18.8. The highest BCUT2D eigenvalue weighted by atomic mass is 14.4. The van der Waals surface area contributed by atoms with Crippen LogP contribution in [-0.4, -0.2) is 0 Å². The second-order valence-corrected chi connectivity index (χ2v) is 11.3. The largest absolute Gasteiger partial charge is 0.0801 e. The summed E-state index contributed by atoms with van der Waals surface area (Å²) in [7, 11) is 0. The van der Waals surface area contributed by atoms with E-state index in [1.165, 1.54) is 39.0 Å². The zero-order valence-corrected chi connectivity index (χ0v) is 19.5. The van der Waals surface area contributed by atoms with E-state index in [9.17, 15) is 0 Å². The molecule has 2 aliphatic carbocycles. The molecule has 0 radical (unpaired) electrons.